The van der Waals surface area contributed by atoms with Gasteiger partial charge in [-0.05, 0) is 18.8 Å². The van der Waals surface area contributed by atoms with Crippen LogP contribution in [0.1, 0.15) is 19.3 Å². The Balaban J connectivity index is 2.07. The molecule has 2 atom stereocenters. The molecule has 110 valence electrons. The first kappa shape index (κ1) is 14.7. The predicted molar refractivity (Wildman–Crippen MR) is 69.5 cm³/mol. The average molecular weight is 310 g/mol. The second-order valence-electron chi connectivity index (χ2n) is 5.27. The summed E-state index contributed by atoms with van der Waals surface area (Å²) in [4.78, 5) is 11.3. The standard InChI is InChI=1S/C10H18N2O5S2/c1-18(14,15)7-19(16,17)12-5-4-9-8(6-12)2-3-10(13)11-9/h8-9H,2-7H2,1H3,(H,11,13). The lowest BCUT2D eigenvalue weighted by Gasteiger charge is -2.40. The maximum atomic E-state index is 12.0. The zero-order valence-corrected chi connectivity index (χ0v) is 12.3. The average Bonchev–Trinajstić information content (AvgIpc) is 2.25. The molecule has 0 aromatic heterocycles. The van der Waals surface area contributed by atoms with Crippen LogP contribution in [0.5, 0.6) is 0 Å². The van der Waals surface area contributed by atoms with Gasteiger partial charge in [0.2, 0.25) is 15.9 Å². The number of carbonyl (C=O) groups is 1. The van der Waals surface area contributed by atoms with Gasteiger partial charge in [0.25, 0.3) is 0 Å². The number of nitrogens with zero attached hydrogens (tertiary/aromatic N) is 1. The molecule has 7 nitrogen and oxygen atoms in total. The van der Waals surface area contributed by atoms with E-state index in [0.717, 1.165) is 6.26 Å². The van der Waals surface area contributed by atoms with E-state index in [1.165, 1.54) is 4.31 Å². The highest BCUT2D eigenvalue weighted by Crippen LogP contribution is 2.27. The fourth-order valence-corrected chi connectivity index (χ4v) is 6.24. The number of sulfonamides is 1. The number of hydrogen-bond donors (Lipinski definition) is 1. The molecule has 0 saturated carbocycles. The van der Waals surface area contributed by atoms with E-state index in [2.05, 4.69) is 5.32 Å². The monoisotopic (exact) mass is 310 g/mol. The lowest BCUT2D eigenvalue weighted by molar-refractivity contribution is -0.124. The van der Waals surface area contributed by atoms with E-state index < -0.39 is 24.9 Å². The van der Waals surface area contributed by atoms with Gasteiger partial charge in [-0.15, -0.1) is 0 Å². The van der Waals surface area contributed by atoms with Crippen LogP contribution in [0.2, 0.25) is 0 Å². The lowest BCUT2D eigenvalue weighted by atomic mass is 9.86. The van der Waals surface area contributed by atoms with Crippen molar-refractivity contribution >= 4 is 25.8 Å². The molecule has 2 fully saturated rings. The van der Waals surface area contributed by atoms with E-state index in [0.29, 0.717) is 25.8 Å². The van der Waals surface area contributed by atoms with Crippen LogP contribution < -0.4 is 5.32 Å². The number of carbonyl (C=O) groups excluding carboxylic acids is 1. The molecular formula is C10H18N2O5S2. The van der Waals surface area contributed by atoms with Crippen molar-refractivity contribution in [3.63, 3.8) is 0 Å². The Morgan fingerprint density at radius 3 is 2.58 bits per heavy atom. The van der Waals surface area contributed by atoms with Crippen molar-refractivity contribution in [2.45, 2.75) is 25.3 Å². The lowest BCUT2D eigenvalue weighted by Crippen LogP contribution is -2.55. The minimum Gasteiger partial charge on any atom is -0.353 e. The summed E-state index contributed by atoms with van der Waals surface area (Å²) >= 11 is 0. The van der Waals surface area contributed by atoms with E-state index in [-0.39, 0.29) is 24.4 Å². The molecule has 19 heavy (non-hydrogen) atoms. The summed E-state index contributed by atoms with van der Waals surface area (Å²) in [6, 6.07) is 0.0194. The molecular weight excluding hydrogens is 292 g/mol. The highest BCUT2D eigenvalue weighted by Gasteiger charge is 2.38. The Morgan fingerprint density at radius 2 is 1.95 bits per heavy atom. The van der Waals surface area contributed by atoms with Crippen molar-refractivity contribution in [2.24, 2.45) is 5.92 Å². The number of hydrogen-bond acceptors (Lipinski definition) is 5. The van der Waals surface area contributed by atoms with Crippen molar-refractivity contribution in [1.82, 2.24) is 9.62 Å². The molecule has 2 rings (SSSR count). The van der Waals surface area contributed by atoms with Gasteiger partial charge in [-0.3, -0.25) is 4.79 Å². The molecule has 0 aromatic rings. The Kier molecular flexibility index (Phi) is 3.90. The highest BCUT2D eigenvalue weighted by atomic mass is 32.3. The second kappa shape index (κ2) is 5.02. The van der Waals surface area contributed by atoms with Crippen LogP contribution >= 0.6 is 0 Å². The summed E-state index contributed by atoms with van der Waals surface area (Å²) in [5.74, 6) is 0.0921. The van der Waals surface area contributed by atoms with Gasteiger partial charge in [-0.25, -0.2) is 21.1 Å². The highest BCUT2D eigenvalue weighted by molar-refractivity contribution is 8.06. The summed E-state index contributed by atoms with van der Waals surface area (Å²) in [6.07, 6.45) is 2.51. The van der Waals surface area contributed by atoms with E-state index in [4.69, 9.17) is 0 Å². The van der Waals surface area contributed by atoms with Gasteiger partial charge in [-0.2, -0.15) is 0 Å². The molecule has 2 saturated heterocycles. The van der Waals surface area contributed by atoms with Crippen molar-refractivity contribution < 1.29 is 21.6 Å². The Morgan fingerprint density at radius 1 is 1.26 bits per heavy atom. The van der Waals surface area contributed by atoms with E-state index in [9.17, 15) is 21.6 Å². The molecule has 2 aliphatic heterocycles. The summed E-state index contributed by atoms with van der Waals surface area (Å²) in [5, 5.41) is 2.02. The molecule has 0 spiro atoms. The van der Waals surface area contributed by atoms with Crippen LogP contribution in [-0.2, 0) is 24.7 Å². The minimum atomic E-state index is -3.77. The second-order valence-corrected chi connectivity index (χ2v) is 9.75. The molecule has 1 amide bonds. The quantitative estimate of drug-likeness (QED) is 0.714. The Bertz CT molecular complexity index is 569. The molecule has 0 aromatic carbocycles. The molecule has 0 bridgehead atoms. The van der Waals surface area contributed by atoms with Crippen LogP contribution in [0.4, 0.5) is 0 Å². The van der Waals surface area contributed by atoms with E-state index >= 15 is 0 Å². The SMILES string of the molecule is CS(=O)(=O)CS(=O)(=O)N1CCC2NC(=O)CCC2C1. The Labute approximate surface area is 113 Å². The normalized spacial score (nSPS) is 29.6. The number of rotatable bonds is 3. The topological polar surface area (TPSA) is 101 Å². The fourth-order valence-electron chi connectivity index (χ4n) is 2.67. The van der Waals surface area contributed by atoms with Gasteiger partial charge in [0, 0.05) is 31.8 Å². The van der Waals surface area contributed by atoms with Gasteiger partial charge >= 0.3 is 0 Å². The third-order valence-electron chi connectivity index (χ3n) is 3.54. The molecule has 0 radical (unpaired) electrons. The smallest absolute Gasteiger partial charge is 0.228 e. The fraction of sp³-hybridized carbons (Fsp3) is 0.900. The first-order chi connectivity index (χ1) is 8.67. The third-order valence-corrected chi connectivity index (χ3v) is 7.56. The molecule has 2 aliphatic rings. The summed E-state index contributed by atoms with van der Waals surface area (Å²) in [5.41, 5.74) is 0. The number of sulfone groups is 1. The first-order valence-electron chi connectivity index (χ1n) is 6.12. The number of piperidine rings is 2. The zero-order valence-electron chi connectivity index (χ0n) is 10.7. The zero-order chi connectivity index (χ0) is 14.3. The molecule has 1 N–H and O–H groups in total. The third kappa shape index (κ3) is 3.67. The van der Waals surface area contributed by atoms with E-state index in [1.54, 1.807) is 0 Å². The number of amides is 1. The first-order valence-corrected chi connectivity index (χ1v) is 9.79. The van der Waals surface area contributed by atoms with Gasteiger partial charge < -0.3 is 5.32 Å². The van der Waals surface area contributed by atoms with E-state index in [1.807, 2.05) is 0 Å². The van der Waals surface area contributed by atoms with Crippen molar-refractivity contribution in [3.8, 4) is 0 Å². The van der Waals surface area contributed by atoms with Gasteiger partial charge in [0.05, 0.1) is 0 Å². The summed E-state index contributed by atoms with van der Waals surface area (Å²) < 4.78 is 47.5. The van der Waals surface area contributed by atoms with Crippen LogP contribution in [0.15, 0.2) is 0 Å². The van der Waals surface area contributed by atoms with Crippen molar-refractivity contribution in [1.29, 1.82) is 0 Å². The summed E-state index contributed by atoms with van der Waals surface area (Å²) in [7, 11) is -7.34. The maximum absolute atomic E-state index is 12.0. The largest absolute Gasteiger partial charge is 0.353 e. The predicted octanol–water partition coefficient (Wildman–Crippen LogP) is -1.08. The maximum Gasteiger partial charge on any atom is 0.228 e. The minimum absolute atomic E-state index is 0.00805. The van der Waals surface area contributed by atoms with Crippen LogP contribution in [-0.4, -0.2) is 57.5 Å². The van der Waals surface area contributed by atoms with Crippen LogP contribution in [0.3, 0.4) is 0 Å². The summed E-state index contributed by atoms with van der Waals surface area (Å²) in [6.45, 7) is 0.558. The number of fused-ring (bicyclic) bond motifs is 1. The van der Waals surface area contributed by atoms with Crippen molar-refractivity contribution in [2.75, 3.05) is 24.4 Å². The van der Waals surface area contributed by atoms with Crippen LogP contribution in [0.25, 0.3) is 0 Å². The molecule has 9 heteroatoms. The Hall–Kier alpha value is -0.670. The van der Waals surface area contributed by atoms with Gasteiger partial charge in [-0.1, -0.05) is 0 Å². The van der Waals surface area contributed by atoms with Crippen molar-refractivity contribution in [3.05, 3.63) is 0 Å². The molecule has 2 heterocycles. The number of nitrogens with one attached hydrogen (secondary N) is 1. The molecule has 0 aliphatic carbocycles. The van der Waals surface area contributed by atoms with Crippen LogP contribution in [0, 0.1) is 5.92 Å². The van der Waals surface area contributed by atoms with Gasteiger partial charge in [0.15, 0.2) is 14.9 Å². The molecule has 2 unspecified atom stereocenters. The van der Waals surface area contributed by atoms with Gasteiger partial charge in [0.1, 0.15) is 0 Å².